The van der Waals surface area contributed by atoms with Crippen molar-refractivity contribution in [1.82, 2.24) is 4.31 Å². The minimum atomic E-state index is -3.26. The van der Waals surface area contributed by atoms with Crippen molar-refractivity contribution in [2.45, 2.75) is 38.7 Å². The summed E-state index contributed by atoms with van der Waals surface area (Å²) < 4.78 is 25.2. The summed E-state index contributed by atoms with van der Waals surface area (Å²) in [6.45, 7) is 2.64. The van der Waals surface area contributed by atoms with E-state index in [1.165, 1.54) is 4.31 Å². The van der Waals surface area contributed by atoms with Crippen molar-refractivity contribution >= 4 is 10.0 Å². The standard InChI is InChI=1S/C11H20N2O3S/c1-10-5-7-13(9-11(10)14)17(15,16)8-4-2-3-6-12/h10-11,14H,2-5,7-9H2,1H3. The Kier molecular flexibility index (Phi) is 5.37. The molecule has 5 nitrogen and oxygen atoms in total. The van der Waals surface area contributed by atoms with E-state index in [4.69, 9.17) is 5.26 Å². The number of rotatable bonds is 5. The van der Waals surface area contributed by atoms with Gasteiger partial charge in [0, 0.05) is 19.5 Å². The molecule has 1 aliphatic rings. The normalized spacial score (nSPS) is 26.6. The van der Waals surface area contributed by atoms with Gasteiger partial charge in [0.15, 0.2) is 0 Å². The molecular formula is C11H20N2O3S. The molecule has 1 rings (SSSR count). The van der Waals surface area contributed by atoms with E-state index >= 15 is 0 Å². The first-order valence-electron chi connectivity index (χ1n) is 6.00. The maximum atomic E-state index is 11.9. The summed E-state index contributed by atoms with van der Waals surface area (Å²) >= 11 is 0. The molecule has 0 bridgehead atoms. The molecule has 1 saturated heterocycles. The minimum Gasteiger partial charge on any atom is -0.391 e. The molecule has 17 heavy (non-hydrogen) atoms. The van der Waals surface area contributed by atoms with E-state index in [0.29, 0.717) is 32.2 Å². The quantitative estimate of drug-likeness (QED) is 0.738. The Hall–Kier alpha value is -0.640. The number of hydrogen-bond donors (Lipinski definition) is 1. The van der Waals surface area contributed by atoms with Gasteiger partial charge in [-0.05, 0) is 25.2 Å². The SMILES string of the molecule is CC1CCN(S(=O)(=O)CCCCC#N)CC1O. The Morgan fingerprint density at radius 2 is 2.18 bits per heavy atom. The molecule has 0 spiro atoms. The highest BCUT2D eigenvalue weighted by Crippen LogP contribution is 2.20. The average molecular weight is 260 g/mol. The third kappa shape index (κ3) is 4.26. The van der Waals surface area contributed by atoms with E-state index in [-0.39, 0.29) is 18.2 Å². The van der Waals surface area contributed by atoms with Crippen molar-refractivity contribution in [1.29, 1.82) is 5.26 Å². The first kappa shape index (κ1) is 14.4. The third-order valence-corrected chi connectivity index (χ3v) is 5.14. The fraction of sp³-hybridized carbons (Fsp3) is 0.909. The number of β-amino-alcohol motifs (C(OH)–C–C–N with tert-alkyl or cyclic N) is 1. The van der Waals surface area contributed by atoms with Crippen molar-refractivity contribution in [2.75, 3.05) is 18.8 Å². The lowest BCUT2D eigenvalue weighted by Crippen LogP contribution is -2.46. The summed E-state index contributed by atoms with van der Waals surface area (Å²) in [5.74, 6) is 0.246. The minimum absolute atomic E-state index is 0.0791. The molecule has 1 fully saturated rings. The first-order valence-corrected chi connectivity index (χ1v) is 7.61. The summed E-state index contributed by atoms with van der Waals surface area (Å²) in [5, 5.41) is 18.0. The van der Waals surface area contributed by atoms with Crippen LogP contribution in [0.2, 0.25) is 0 Å². The number of sulfonamides is 1. The number of hydrogen-bond acceptors (Lipinski definition) is 4. The van der Waals surface area contributed by atoms with Crippen LogP contribution < -0.4 is 0 Å². The van der Waals surface area contributed by atoms with Crippen LogP contribution in [-0.4, -0.2) is 42.8 Å². The predicted molar refractivity (Wildman–Crippen MR) is 64.6 cm³/mol. The molecule has 1 N–H and O–H groups in total. The molecule has 0 radical (unpaired) electrons. The first-order chi connectivity index (χ1) is 7.97. The van der Waals surface area contributed by atoms with Crippen LogP contribution in [0, 0.1) is 17.2 Å². The molecule has 2 unspecified atom stereocenters. The zero-order valence-electron chi connectivity index (χ0n) is 10.2. The van der Waals surface area contributed by atoms with Crippen LogP contribution in [0.4, 0.5) is 0 Å². The van der Waals surface area contributed by atoms with Gasteiger partial charge in [-0.15, -0.1) is 0 Å². The van der Waals surface area contributed by atoms with Crippen LogP contribution in [0.25, 0.3) is 0 Å². The maximum absolute atomic E-state index is 11.9. The number of aliphatic hydroxyl groups excluding tert-OH is 1. The molecule has 2 atom stereocenters. The van der Waals surface area contributed by atoms with Gasteiger partial charge >= 0.3 is 0 Å². The van der Waals surface area contributed by atoms with Gasteiger partial charge in [-0.25, -0.2) is 8.42 Å². The molecular weight excluding hydrogens is 240 g/mol. The molecule has 0 amide bonds. The Bertz CT molecular complexity index is 375. The Balaban J connectivity index is 2.45. The van der Waals surface area contributed by atoms with Crippen molar-refractivity contribution in [2.24, 2.45) is 5.92 Å². The summed E-state index contributed by atoms with van der Waals surface area (Å²) in [5.41, 5.74) is 0. The molecule has 0 aliphatic carbocycles. The Morgan fingerprint density at radius 1 is 1.47 bits per heavy atom. The van der Waals surface area contributed by atoms with Gasteiger partial charge in [0.1, 0.15) is 0 Å². The lowest BCUT2D eigenvalue weighted by atomic mass is 9.98. The van der Waals surface area contributed by atoms with Crippen LogP contribution in [0.15, 0.2) is 0 Å². The van der Waals surface area contributed by atoms with Gasteiger partial charge in [-0.3, -0.25) is 0 Å². The van der Waals surface area contributed by atoms with Crippen molar-refractivity contribution < 1.29 is 13.5 Å². The zero-order chi connectivity index (χ0) is 12.9. The Labute approximate surface area is 103 Å². The van der Waals surface area contributed by atoms with E-state index in [1.54, 1.807) is 0 Å². The fourth-order valence-electron chi connectivity index (χ4n) is 1.89. The zero-order valence-corrected chi connectivity index (χ0v) is 11.0. The molecule has 0 aromatic heterocycles. The average Bonchev–Trinajstić information content (AvgIpc) is 2.28. The molecule has 0 aromatic rings. The van der Waals surface area contributed by atoms with Crippen molar-refractivity contribution in [3.05, 3.63) is 0 Å². The molecule has 6 heteroatoms. The lowest BCUT2D eigenvalue weighted by Gasteiger charge is -2.33. The Morgan fingerprint density at radius 3 is 2.76 bits per heavy atom. The number of unbranched alkanes of at least 4 members (excludes halogenated alkanes) is 2. The van der Waals surface area contributed by atoms with Crippen molar-refractivity contribution in [3.63, 3.8) is 0 Å². The van der Waals surface area contributed by atoms with E-state index in [1.807, 2.05) is 13.0 Å². The van der Waals surface area contributed by atoms with E-state index in [2.05, 4.69) is 0 Å². The number of nitrogens with zero attached hydrogens (tertiary/aromatic N) is 2. The highest BCUT2D eigenvalue weighted by molar-refractivity contribution is 7.89. The highest BCUT2D eigenvalue weighted by atomic mass is 32.2. The van der Waals surface area contributed by atoms with Gasteiger partial charge < -0.3 is 5.11 Å². The number of nitriles is 1. The molecule has 1 heterocycles. The van der Waals surface area contributed by atoms with Crippen LogP contribution in [0.1, 0.15) is 32.6 Å². The summed E-state index contributed by atoms with van der Waals surface area (Å²) in [6.07, 6.45) is 1.67. The van der Waals surface area contributed by atoms with Crippen LogP contribution >= 0.6 is 0 Å². The van der Waals surface area contributed by atoms with Gasteiger partial charge in [-0.2, -0.15) is 9.57 Å². The molecule has 98 valence electrons. The molecule has 0 saturated carbocycles. The van der Waals surface area contributed by atoms with E-state index in [0.717, 1.165) is 0 Å². The second kappa shape index (κ2) is 6.34. The van der Waals surface area contributed by atoms with Gasteiger partial charge in [0.25, 0.3) is 0 Å². The summed E-state index contributed by atoms with van der Waals surface area (Å²) in [4.78, 5) is 0. The lowest BCUT2D eigenvalue weighted by molar-refractivity contribution is 0.0605. The number of piperidine rings is 1. The van der Waals surface area contributed by atoms with Crippen LogP contribution in [-0.2, 0) is 10.0 Å². The summed E-state index contributed by atoms with van der Waals surface area (Å²) in [6, 6.07) is 2.00. The number of aliphatic hydroxyl groups is 1. The fourth-order valence-corrected chi connectivity index (χ4v) is 3.48. The van der Waals surface area contributed by atoms with E-state index in [9.17, 15) is 13.5 Å². The third-order valence-electron chi connectivity index (χ3n) is 3.22. The van der Waals surface area contributed by atoms with Crippen LogP contribution in [0.5, 0.6) is 0 Å². The highest BCUT2D eigenvalue weighted by Gasteiger charge is 2.31. The maximum Gasteiger partial charge on any atom is 0.214 e. The van der Waals surface area contributed by atoms with E-state index < -0.39 is 16.1 Å². The summed E-state index contributed by atoms with van der Waals surface area (Å²) in [7, 11) is -3.26. The van der Waals surface area contributed by atoms with Crippen molar-refractivity contribution in [3.8, 4) is 6.07 Å². The predicted octanol–water partition coefficient (Wildman–Crippen LogP) is 0.713. The second-order valence-corrected chi connectivity index (χ2v) is 6.71. The van der Waals surface area contributed by atoms with Gasteiger partial charge in [0.2, 0.25) is 10.0 Å². The molecule has 0 aromatic carbocycles. The van der Waals surface area contributed by atoms with Crippen LogP contribution in [0.3, 0.4) is 0 Å². The van der Waals surface area contributed by atoms with Gasteiger partial charge in [-0.1, -0.05) is 6.92 Å². The molecule has 1 aliphatic heterocycles. The smallest absolute Gasteiger partial charge is 0.214 e. The second-order valence-electron chi connectivity index (χ2n) is 4.62. The monoisotopic (exact) mass is 260 g/mol. The van der Waals surface area contributed by atoms with Gasteiger partial charge in [0.05, 0.1) is 17.9 Å². The largest absolute Gasteiger partial charge is 0.391 e. The topological polar surface area (TPSA) is 81.4 Å².